The summed E-state index contributed by atoms with van der Waals surface area (Å²) in [7, 11) is 0. The third kappa shape index (κ3) is 4.52. The minimum atomic E-state index is -0.463. The average Bonchev–Trinajstić information content (AvgIpc) is 3.14. The smallest absolute Gasteiger partial charge is 0.242 e. The molecule has 1 atom stereocenters. The summed E-state index contributed by atoms with van der Waals surface area (Å²) in [5.41, 5.74) is 3.67. The largest absolute Gasteiger partial charge is 0.325 e. The van der Waals surface area contributed by atoms with Gasteiger partial charge in [-0.2, -0.15) is 0 Å². The van der Waals surface area contributed by atoms with E-state index in [-0.39, 0.29) is 11.7 Å². The van der Waals surface area contributed by atoms with Crippen molar-refractivity contribution in [3.63, 3.8) is 0 Å². The van der Waals surface area contributed by atoms with Gasteiger partial charge in [0.15, 0.2) is 10.1 Å². The summed E-state index contributed by atoms with van der Waals surface area (Å²) in [6.07, 6.45) is 0. The maximum absolute atomic E-state index is 12.9. The number of anilines is 1. The lowest BCUT2D eigenvalue weighted by Gasteiger charge is -2.16. The Morgan fingerprint density at radius 1 is 1.12 bits per heavy atom. The van der Waals surface area contributed by atoms with Crippen molar-refractivity contribution in [2.24, 2.45) is 0 Å². The van der Waals surface area contributed by atoms with Gasteiger partial charge in [0.05, 0.1) is 0 Å². The summed E-state index contributed by atoms with van der Waals surface area (Å²) in [5, 5.41) is 10.3. The van der Waals surface area contributed by atoms with Crippen molar-refractivity contribution in [3.05, 3.63) is 71.2 Å². The number of aromatic nitrogens is 2. The van der Waals surface area contributed by atoms with Crippen molar-refractivity contribution in [3.8, 4) is 0 Å². The van der Waals surface area contributed by atoms with E-state index in [9.17, 15) is 9.59 Å². The van der Waals surface area contributed by atoms with Gasteiger partial charge in [-0.05, 0) is 24.6 Å². The van der Waals surface area contributed by atoms with Crippen molar-refractivity contribution in [2.75, 3.05) is 5.32 Å². The predicted octanol–water partition coefficient (Wildman–Crippen LogP) is 4.21. The van der Waals surface area contributed by atoms with E-state index >= 15 is 0 Å². The monoisotopic (exact) mass is 369 g/mol. The van der Waals surface area contributed by atoms with Crippen LogP contribution in [-0.4, -0.2) is 21.9 Å². The zero-order chi connectivity index (χ0) is 17.6. The normalized spacial score (nSPS) is 11.7. The molecule has 0 bridgehead atoms. The van der Waals surface area contributed by atoms with Crippen LogP contribution in [-0.2, 0) is 4.79 Å². The fourth-order valence-electron chi connectivity index (χ4n) is 2.24. The summed E-state index contributed by atoms with van der Waals surface area (Å²) in [5.74, 6) is -0.217. The highest BCUT2D eigenvalue weighted by atomic mass is 32.2. The van der Waals surface area contributed by atoms with E-state index in [1.54, 1.807) is 29.8 Å². The molecule has 3 rings (SSSR count). The molecule has 0 radical (unpaired) electrons. The molecule has 2 aromatic carbocycles. The topological polar surface area (TPSA) is 72.0 Å². The standard InChI is InChI=1S/C18H15N3O2S2/c1-12(22)14-8-5-9-15(10-14)20-17(23)16(13-6-3-2-4-7-13)25-18-21-19-11-24-18/h2-11,16H,1H3,(H,20,23). The number of amides is 1. The van der Waals surface area contributed by atoms with Crippen molar-refractivity contribution in [2.45, 2.75) is 16.5 Å². The van der Waals surface area contributed by atoms with E-state index in [0.717, 1.165) is 9.90 Å². The van der Waals surface area contributed by atoms with E-state index in [1.807, 2.05) is 30.3 Å². The number of hydrogen-bond donors (Lipinski definition) is 1. The van der Waals surface area contributed by atoms with Crippen LogP contribution in [0.2, 0.25) is 0 Å². The molecule has 126 valence electrons. The molecule has 0 spiro atoms. The summed E-state index contributed by atoms with van der Waals surface area (Å²) in [4.78, 5) is 24.4. The van der Waals surface area contributed by atoms with Gasteiger partial charge in [0.1, 0.15) is 10.8 Å². The first kappa shape index (κ1) is 17.3. The second-order valence-electron chi connectivity index (χ2n) is 5.24. The van der Waals surface area contributed by atoms with Crippen LogP contribution in [0, 0.1) is 0 Å². The molecular weight excluding hydrogens is 354 g/mol. The zero-order valence-electron chi connectivity index (χ0n) is 13.4. The lowest BCUT2D eigenvalue weighted by atomic mass is 10.1. The van der Waals surface area contributed by atoms with Crippen LogP contribution in [0.4, 0.5) is 5.69 Å². The van der Waals surface area contributed by atoms with Crippen LogP contribution >= 0.6 is 23.1 Å². The van der Waals surface area contributed by atoms with Gasteiger partial charge in [-0.3, -0.25) is 9.59 Å². The molecular formula is C18H15N3O2S2. The minimum Gasteiger partial charge on any atom is -0.325 e. The molecule has 7 heteroatoms. The lowest BCUT2D eigenvalue weighted by Crippen LogP contribution is -2.19. The minimum absolute atomic E-state index is 0.0426. The second-order valence-corrected chi connectivity index (χ2v) is 7.42. The third-order valence-electron chi connectivity index (χ3n) is 3.44. The van der Waals surface area contributed by atoms with Gasteiger partial charge in [0.2, 0.25) is 5.91 Å². The van der Waals surface area contributed by atoms with Gasteiger partial charge in [-0.15, -0.1) is 10.2 Å². The Hall–Kier alpha value is -2.51. The SMILES string of the molecule is CC(=O)c1cccc(NC(=O)C(Sc2nncs2)c2ccccc2)c1. The van der Waals surface area contributed by atoms with Crippen LogP contribution < -0.4 is 5.32 Å². The van der Waals surface area contributed by atoms with E-state index in [0.29, 0.717) is 11.3 Å². The molecule has 1 aromatic heterocycles. The fourth-order valence-corrected chi connectivity index (χ4v) is 3.91. The molecule has 0 aliphatic rings. The highest BCUT2D eigenvalue weighted by molar-refractivity contribution is 8.01. The van der Waals surface area contributed by atoms with Crippen LogP contribution in [0.5, 0.6) is 0 Å². The summed E-state index contributed by atoms with van der Waals surface area (Å²) in [6.45, 7) is 1.50. The van der Waals surface area contributed by atoms with Crippen LogP contribution in [0.15, 0.2) is 64.4 Å². The van der Waals surface area contributed by atoms with Crippen molar-refractivity contribution in [1.29, 1.82) is 0 Å². The van der Waals surface area contributed by atoms with E-state index < -0.39 is 5.25 Å². The fraction of sp³-hybridized carbons (Fsp3) is 0.111. The highest BCUT2D eigenvalue weighted by Gasteiger charge is 2.23. The molecule has 1 amide bonds. The molecule has 1 N–H and O–H groups in total. The Morgan fingerprint density at radius 3 is 2.60 bits per heavy atom. The first-order valence-corrected chi connectivity index (χ1v) is 9.29. The number of benzene rings is 2. The zero-order valence-corrected chi connectivity index (χ0v) is 15.0. The summed E-state index contributed by atoms with van der Waals surface area (Å²) in [6, 6.07) is 16.4. The van der Waals surface area contributed by atoms with Gasteiger partial charge in [0, 0.05) is 11.3 Å². The quantitative estimate of drug-likeness (QED) is 0.520. The van der Waals surface area contributed by atoms with E-state index in [1.165, 1.54) is 30.0 Å². The Bertz CT molecular complexity index is 867. The number of rotatable bonds is 6. The molecule has 0 aliphatic carbocycles. The van der Waals surface area contributed by atoms with E-state index in [2.05, 4.69) is 15.5 Å². The molecule has 0 saturated heterocycles. The van der Waals surface area contributed by atoms with Crippen molar-refractivity contribution in [1.82, 2.24) is 10.2 Å². The number of ketones is 1. The number of carbonyl (C=O) groups is 2. The molecule has 1 unspecified atom stereocenters. The molecule has 0 saturated carbocycles. The predicted molar refractivity (Wildman–Crippen MR) is 100 cm³/mol. The first-order valence-electron chi connectivity index (χ1n) is 7.53. The van der Waals surface area contributed by atoms with Gasteiger partial charge < -0.3 is 5.32 Å². The third-order valence-corrected chi connectivity index (χ3v) is 5.50. The van der Waals surface area contributed by atoms with E-state index in [4.69, 9.17) is 0 Å². The van der Waals surface area contributed by atoms with Gasteiger partial charge >= 0.3 is 0 Å². The van der Waals surface area contributed by atoms with Crippen molar-refractivity contribution >= 4 is 40.5 Å². The van der Waals surface area contributed by atoms with Gasteiger partial charge in [-0.25, -0.2) is 0 Å². The molecule has 0 aliphatic heterocycles. The Morgan fingerprint density at radius 2 is 1.92 bits per heavy atom. The summed E-state index contributed by atoms with van der Waals surface area (Å²) >= 11 is 2.74. The Balaban J connectivity index is 1.84. The number of carbonyl (C=O) groups excluding carboxylic acids is 2. The number of Topliss-reactive ketones (excluding diaryl/α,β-unsaturated/α-hetero) is 1. The van der Waals surface area contributed by atoms with Crippen LogP contribution in [0.1, 0.15) is 28.1 Å². The summed E-state index contributed by atoms with van der Waals surface area (Å²) < 4.78 is 0.724. The number of hydrogen-bond acceptors (Lipinski definition) is 6. The lowest BCUT2D eigenvalue weighted by molar-refractivity contribution is -0.115. The molecule has 3 aromatic rings. The maximum Gasteiger partial charge on any atom is 0.242 e. The molecule has 5 nitrogen and oxygen atoms in total. The highest BCUT2D eigenvalue weighted by Crippen LogP contribution is 2.36. The van der Waals surface area contributed by atoms with Crippen molar-refractivity contribution < 1.29 is 9.59 Å². The second kappa shape index (κ2) is 8.04. The molecule has 1 heterocycles. The van der Waals surface area contributed by atoms with Gasteiger partial charge in [0.25, 0.3) is 0 Å². The van der Waals surface area contributed by atoms with Crippen LogP contribution in [0.3, 0.4) is 0 Å². The van der Waals surface area contributed by atoms with Gasteiger partial charge in [-0.1, -0.05) is 65.6 Å². The average molecular weight is 369 g/mol. The first-order chi connectivity index (χ1) is 12.1. The maximum atomic E-state index is 12.9. The number of nitrogens with zero attached hydrogens (tertiary/aromatic N) is 2. The molecule has 25 heavy (non-hydrogen) atoms. The number of thioether (sulfide) groups is 1. The Labute approximate surface area is 153 Å². The number of nitrogens with one attached hydrogen (secondary N) is 1. The molecule has 0 fully saturated rings. The van der Waals surface area contributed by atoms with Crippen LogP contribution in [0.25, 0.3) is 0 Å². The Kier molecular flexibility index (Phi) is 5.57.